The van der Waals surface area contributed by atoms with E-state index in [0.717, 1.165) is 0 Å². The van der Waals surface area contributed by atoms with Gasteiger partial charge in [0.2, 0.25) is 5.91 Å². The molecule has 5 nitrogen and oxygen atoms in total. The number of nitrogens with one attached hydrogen (secondary N) is 1. The van der Waals surface area contributed by atoms with Crippen LogP contribution in [0, 0.1) is 5.41 Å². The number of ether oxygens (including phenoxy) is 1. The number of aliphatic hydroxyl groups excluding tert-OH is 1. The van der Waals surface area contributed by atoms with E-state index in [0.29, 0.717) is 5.56 Å². The molecule has 2 unspecified atom stereocenters. The van der Waals surface area contributed by atoms with Gasteiger partial charge in [-0.25, -0.2) is 4.79 Å². The zero-order chi connectivity index (χ0) is 16.8. The number of rotatable bonds is 6. The van der Waals surface area contributed by atoms with Crippen molar-refractivity contribution in [1.82, 2.24) is 5.32 Å². The van der Waals surface area contributed by atoms with Crippen molar-refractivity contribution in [2.45, 2.75) is 46.3 Å². The zero-order valence-corrected chi connectivity index (χ0v) is 13.6. The molecular formula is C17H25NO4. The minimum absolute atomic E-state index is 0.186. The minimum Gasteiger partial charge on any atom is -0.464 e. The van der Waals surface area contributed by atoms with E-state index in [2.05, 4.69) is 5.32 Å². The van der Waals surface area contributed by atoms with Crippen LogP contribution in [0.15, 0.2) is 30.3 Å². The summed E-state index contributed by atoms with van der Waals surface area (Å²) in [6.45, 7) is 7.66. The van der Waals surface area contributed by atoms with E-state index in [1.54, 1.807) is 31.2 Å². The highest BCUT2D eigenvalue weighted by Crippen LogP contribution is 2.21. The lowest BCUT2D eigenvalue weighted by atomic mass is 9.91. The summed E-state index contributed by atoms with van der Waals surface area (Å²) in [5, 5.41) is 13.0. The van der Waals surface area contributed by atoms with Crippen molar-refractivity contribution >= 4 is 11.9 Å². The number of benzene rings is 1. The summed E-state index contributed by atoms with van der Waals surface area (Å²) in [4.78, 5) is 24.1. The van der Waals surface area contributed by atoms with Crippen molar-refractivity contribution < 1.29 is 19.4 Å². The third-order valence-electron chi connectivity index (χ3n) is 3.00. The van der Waals surface area contributed by atoms with E-state index in [4.69, 9.17) is 4.74 Å². The number of carbonyl (C=O) groups is 2. The Hall–Kier alpha value is -1.88. The average molecular weight is 307 g/mol. The second-order valence-electron chi connectivity index (χ2n) is 6.39. The Balaban J connectivity index is 2.89. The van der Waals surface area contributed by atoms with Crippen molar-refractivity contribution in [2.75, 3.05) is 6.61 Å². The summed E-state index contributed by atoms with van der Waals surface area (Å²) in [7, 11) is 0. The fourth-order valence-corrected chi connectivity index (χ4v) is 2.05. The average Bonchev–Trinajstić information content (AvgIpc) is 2.43. The molecule has 1 amide bonds. The van der Waals surface area contributed by atoms with Crippen molar-refractivity contribution in [2.24, 2.45) is 5.41 Å². The Bertz CT molecular complexity index is 493. The van der Waals surface area contributed by atoms with Crippen LogP contribution in [-0.2, 0) is 14.3 Å². The highest BCUT2D eigenvalue weighted by atomic mass is 16.5. The summed E-state index contributed by atoms with van der Waals surface area (Å²) < 4.78 is 4.96. The molecule has 2 atom stereocenters. The van der Waals surface area contributed by atoms with E-state index in [1.165, 1.54) is 0 Å². The first kappa shape index (κ1) is 18.2. The molecule has 0 fully saturated rings. The minimum atomic E-state index is -1.15. The van der Waals surface area contributed by atoms with Crippen LogP contribution in [0.1, 0.15) is 45.8 Å². The van der Waals surface area contributed by atoms with Gasteiger partial charge in [0.15, 0.2) is 6.04 Å². The van der Waals surface area contributed by atoms with E-state index in [1.807, 2.05) is 26.8 Å². The SMILES string of the molecule is CCOC(=O)C(NC(=O)CC(C)(C)C)C(O)c1ccccc1. The van der Waals surface area contributed by atoms with Crippen LogP contribution in [0.3, 0.4) is 0 Å². The molecule has 122 valence electrons. The maximum atomic E-state index is 12.1. The molecular weight excluding hydrogens is 282 g/mol. The van der Waals surface area contributed by atoms with Crippen LogP contribution in [0.5, 0.6) is 0 Å². The van der Waals surface area contributed by atoms with Crippen LogP contribution in [0.2, 0.25) is 0 Å². The Morgan fingerprint density at radius 2 is 1.82 bits per heavy atom. The Kier molecular flexibility index (Phi) is 6.56. The molecule has 2 N–H and O–H groups in total. The quantitative estimate of drug-likeness (QED) is 0.790. The maximum absolute atomic E-state index is 12.1. The van der Waals surface area contributed by atoms with Crippen molar-refractivity contribution in [3.8, 4) is 0 Å². The van der Waals surface area contributed by atoms with Gasteiger partial charge in [-0.05, 0) is 17.9 Å². The van der Waals surface area contributed by atoms with Crippen LogP contribution in [-0.4, -0.2) is 29.6 Å². The lowest BCUT2D eigenvalue weighted by Gasteiger charge is -2.25. The molecule has 1 rings (SSSR count). The first-order valence-corrected chi connectivity index (χ1v) is 7.43. The molecule has 0 heterocycles. The summed E-state index contributed by atoms with van der Waals surface area (Å²) in [5.74, 6) is -0.929. The summed E-state index contributed by atoms with van der Waals surface area (Å²) >= 11 is 0. The van der Waals surface area contributed by atoms with Gasteiger partial charge < -0.3 is 15.2 Å². The number of carbonyl (C=O) groups excluding carboxylic acids is 2. The normalized spacial score (nSPS) is 14.0. The topological polar surface area (TPSA) is 75.6 Å². The predicted molar refractivity (Wildman–Crippen MR) is 84.0 cm³/mol. The Morgan fingerprint density at radius 3 is 2.32 bits per heavy atom. The first-order valence-electron chi connectivity index (χ1n) is 7.43. The van der Waals surface area contributed by atoms with Gasteiger partial charge in [-0.15, -0.1) is 0 Å². The smallest absolute Gasteiger partial charge is 0.331 e. The second kappa shape index (κ2) is 7.94. The van der Waals surface area contributed by atoms with E-state index in [9.17, 15) is 14.7 Å². The van der Waals surface area contributed by atoms with Crippen LogP contribution < -0.4 is 5.32 Å². The van der Waals surface area contributed by atoms with Gasteiger partial charge in [-0.3, -0.25) is 4.79 Å². The molecule has 0 saturated heterocycles. The Morgan fingerprint density at radius 1 is 1.23 bits per heavy atom. The molecule has 0 aliphatic rings. The lowest BCUT2D eigenvalue weighted by molar-refractivity contribution is -0.151. The molecule has 0 radical (unpaired) electrons. The zero-order valence-electron chi connectivity index (χ0n) is 13.6. The molecule has 1 aromatic rings. The van der Waals surface area contributed by atoms with Crippen molar-refractivity contribution in [1.29, 1.82) is 0 Å². The standard InChI is InChI=1S/C17H25NO4/c1-5-22-16(21)14(18-13(19)11-17(2,3)4)15(20)12-9-7-6-8-10-12/h6-10,14-15,20H,5,11H2,1-4H3,(H,18,19). The van der Waals surface area contributed by atoms with Crippen LogP contribution in [0.4, 0.5) is 0 Å². The fraction of sp³-hybridized carbons (Fsp3) is 0.529. The van der Waals surface area contributed by atoms with Gasteiger partial charge in [-0.2, -0.15) is 0 Å². The fourth-order valence-electron chi connectivity index (χ4n) is 2.05. The summed E-state index contributed by atoms with van der Waals surface area (Å²) in [6, 6.07) is 7.63. The van der Waals surface area contributed by atoms with E-state index >= 15 is 0 Å². The lowest BCUT2D eigenvalue weighted by Crippen LogP contribution is -2.46. The largest absolute Gasteiger partial charge is 0.464 e. The molecule has 0 saturated carbocycles. The van der Waals surface area contributed by atoms with Gasteiger partial charge in [-0.1, -0.05) is 51.1 Å². The predicted octanol–water partition coefficient (Wildman–Crippen LogP) is 2.20. The summed E-state index contributed by atoms with van der Waals surface area (Å²) in [5.41, 5.74) is 0.345. The summed E-state index contributed by atoms with van der Waals surface area (Å²) in [6.07, 6.45) is -0.895. The highest BCUT2D eigenvalue weighted by Gasteiger charge is 2.31. The molecule has 0 aliphatic heterocycles. The third-order valence-corrected chi connectivity index (χ3v) is 3.00. The second-order valence-corrected chi connectivity index (χ2v) is 6.39. The first-order chi connectivity index (χ1) is 10.2. The van der Waals surface area contributed by atoms with E-state index < -0.39 is 18.1 Å². The number of esters is 1. The number of hydrogen-bond donors (Lipinski definition) is 2. The molecule has 0 aromatic heterocycles. The Labute approximate surface area is 131 Å². The number of aliphatic hydroxyl groups is 1. The van der Waals surface area contributed by atoms with Crippen LogP contribution >= 0.6 is 0 Å². The van der Waals surface area contributed by atoms with Crippen molar-refractivity contribution in [3.05, 3.63) is 35.9 Å². The van der Waals surface area contributed by atoms with Gasteiger partial charge in [0.1, 0.15) is 6.10 Å². The molecule has 22 heavy (non-hydrogen) atoms. The third kappa shape index (κ3) is 5.85. The number of amides is 1. The molecule has 0 aliphatic carbocycles. The van der Waals surface area contributed by atoms with Gasteiger partial charge >= 0.3 is 5.97 Å². The number of hydrogen-bond acceptors (Lipinski definition) is 4. The highest BCUT2D eigenvalue weighted by molar-refractivity contribution is 5.85. The van der Waals surface area contributed by atoms with Gasteiger partial charge in [0, 0.05) is 6.42 Å². The maximum Gasteiger partial charge on any atom is 0.331 e. The molecule has 5 heteroatoms. The van der Waals surface area contributed by atoms with E-state index in [-0.39, 0.29) is 24.3 Å². The van der Waals surface area contributed by atoms with Gasteiger partial charge in [0.05, 0.1) is 6.61 Å². The van der Waals surface area contributed by atoms with Gasteiger partial charge in [0.25, 0.3) is 0 Å². The van der Waals surface area contributed by atoms with Crippen LogP contribution in [0.25, 0.3) is 0 Å². The monoisotopic (exact) mass is 307 g/mol. The molecule has 0 spiro atoms. The molecule has 1 aromatic carbocycles. The molecule has 0 bridgehead atoms. The van der Waals surface area contributed by atoms with Crippen molar-refractivity contribution in [3.63, 3.8) is 0 Å².